The lowest BCUT2D eigenvalue weighted by molar-refractivity contribution is 0.298. The molecule has 5 aromatic rings. The van der Waals surface area contributed by atoms with Crippen LogP contribution in [-0.2, 0) is 12.8 Å². The van der Waals surface area contributed by atoms with Gasteiger partial charge in [0.05, 0.1) is 6.61 Å². The molecule has 0 spiro atoms. The maximum absolute atomic E-state index is 5.83. The van der Waals surface area contributed by atoms with Crippen molar-refractivity contribution < 1.29 is 9.47 Å². The Bertz CT molecular complexity index is 1480. The van der Waals surface area contributed by atoms with E-state index in [9.17, 15) is 0 Å². The van der Waals surface area contributed by atoms with Crippen molar-refractivity contribution in [3.63, 3.8) is 0 Å². The van der Waals surface area contributed by atoms with Crippen molar-refractivity contribution in [3.05, 3.63) is 157 Å². The fraction of sp³-hybridized carbons (Fsp3) is 0.444. The number of aryl methyl sites for hydroxylation is 2. The maximum Gasteiger partial charge on any atom is 0.127 e. The number of anilines is 1. The highest BCUT2D eigenvalue weighted by Gasteiger charge is 2.01. The first kappa shape index (κ1) is 48.6. The molecule has 3 heteroatoms. The van der Waals surface area contributed by atoms with Crippen LogP contribution in [0.5, 0.6) is 17.2 Å². The van der Waals surface area contributed by atoms with E-state index in [4.69, 9.17) is 9.47 Å². The van der Waals surface area contributed by atoms with E-state index in [1.165, 1.54) is 68.2 Å². The van der Waals surface area contributed by atoms with Crippen LogP contribution in [0.2, 0.25) is 0 Å². The molecule has 0 heterocycles. The largest absolute Gasteiger partial charge is 0.494 e. The predicted molar refractivity (Wildman–Crippen MR) is 250 cm³/mol. The van der Waals surface area contributed by atoms with Gasteiger partial charge in [0.25, 0.3) is 0 Å². The minimum atomic E-state index is 0.740. The summed E-state index contributed by atoms with van der Waals surface area (Å²) in [6.07, 6.45) is 12.6. The lowest BCUT2D eigenvalue weighted by atomic mass is 10.0. The van der Waals surface area contributed by atoms with E-state index in [1.54, 1.807) is 0 Å². The molecule has 0 saturated carbocycles. The van der Waals surface area contributed by atoms with Gasteiger partial charge in [0.1, 0.15) is 17.2 Å². The van der Waals surface area contributed by atoms with E-state index in [0.717, 1.165) is 66.9 Å². The van der Waals surface area contributed by atoms with Crippen LogP contribution in [0.25, 0.3) is 0 Å². The molecule has 0 aromatic heterocycles. The van der Waals surface area contributed by atoms with Crippen molar-refractivity contribution in [2.45, 2.75) is 120 Å². The number of para-hydroxylation sites is 3. The van der Waals surface area contributed by atoms with Gasteiger partial charge in [-0.1, -0.05) is 165 Å². The number of ether oxygens (including phenoxy) is 2. The molecule has 0 unspecified atom stereocenters. The summed E-state index contributed by atoms with van der Waals surface area (Å²) in [4.78, 5) is 0. The minimum absolute atomic E-state index is 0.740. The Balaban J connectivity index is 0.000000266. The molecule has 0 aliphatic rings. The first-order valence-corrected chi connectivity index (χ1v) is 21.9. The number of benzene rings is 5. The van der Waals surface area contributed by atoms with Gasteiger partial charge in [-0.05, 0) is 135 Å². The van der Waals surface area contributed by atoms with E-state index >= 15 is 0 Å². The SMILES string of the molecule is CC(C)CCCCc1ccccc1.CC(C)CCCNc1ccccc1.CC(C)CCCOc1ccccc1.CC(C)CCc1cccc(Oc2ccccc2)c1. The normalized spacial score (nSPS) is 10.5. The van der Waals surface area contributed by atoms with Crippen molar-refractivity contribution >= 4 is 5.69 Å². The molecule has 310 valence electrons. The zero-order valence-electron chi connectivity index (χ0n) is 37.0. The second-order valence-electron chi connectivity index (χ2n) is 16.6. The highest BCUT2D eigenvalue weighted by Crippen LogP contribution is 2.23. The molecule has 0 aliphatic heterocycles. The van der Waals surface area contributed by atoms with Crippen LogP contribution in [0.3, 0.4) is 0 Å². The Morgan fingerprint density at radius 1 is 0.404 bits per heavy atom. The highest BCUT2D eigenvalue weighted by atomic mass is 16.5. The van der Waals surface area contributed by atoms with Crippen LogP contribution in [0, 0.1) is 23.7 Å². The lowest BCUT2D eigenvalue weighted by Crippen LogP contribution is -2.02. The molecule has 5 rings (SSSR count). The average molecular weight is 772 g/mol. The quantitative estimate of drug-likeness (QED) is 0.0800. The monoisotopic (exact) mass is 772 g/mol. The second-order valence-corrected chi connectivity index (χ2v) is 16.6. The smallest absolute Gasteiger partial charge is 0.127 e. The van der Waals surface area contributed by atoms with Gasteiger partial charge < -0.3 is 14.8 Å². The zero-order chi connectivity index (χ0) is 41.4. The van der Waals surface area contributed by atoms with Crippen LogP contribution < -0.4 is 14.8 Å². The standard InChI is InChI=1S/C17H20O.C13H20.C12H19N.C12H18O/c1-14(2)11-12-15-7-6-10-17(13-15)18-16-8-4-3-5-9-16;1-12(2)8-6-7-11-13-9-4-3-5-10-13;2*1-11(2)7-6-10-13-12-8-4-3-5-9-12/h3-10,13-14H,11-12H2,1-2H3;3-5,9-10,12H,6-8,11H2,1-2H3;3-5,8-9,11,13H,6-7,10H2,1-2H3;3-5,8-9,11H,6-7,10H2,1-2H3. The topological polar surface area (TPSA) is 30.5 Å². The molecular formula is C54H77NO2. The van der Waals surface area contributed by atoms with E-state index in [0.29, 0.717) is 0 Å². The summed E-state index contributed by atoms with van der Waals surface area (Å²) in [7, 11) is 0. The minimum Gasteiger partial charge on any atom is -0.494 e. The highest BCUT2D eigenvalue weighted by molar-refractivity contribution is 5.42. The fourth-order valence-electron chi connectivity index (χ4n) is 5.87. The van der Waals surface area contributed by atoms with Gasteiger partial charge in [0, 0.05) is 12.2 Å². The Morgan fingerprint density at radius 2 is 0.877 bits per heavy atom. The second kappa shape index (κ2) is 31.6. The Hall–Kier alpha value is -4.50. The molecule has 0 amide bonds. The Labute approximate surface area is 349 Å². The molecule has 3 nitrogen and oxygen atoms in total. The maximum atomic E-state index is 5.83. The van der Waals surface area contributed by atoms with Crippen LogP contribution in [0.1, 0.15) is 118 Å². The molecule has 5 aromatic carbocycles. The van der Waals surface area contributed by atoms with Crippen molar-refractivity contribution in [1.29, 1.82) is 0 Å². The van der Waals surface area contributed by atoms with E-state index in [2.05, 4.69) is 134 Å². The van der Waals surface area contributed by atoms with Crippen molar-refractivity contribution in [2.24, 2.45) is 23.7 Å². The van der Waals surface area contributed by atoms with Gasteiger partial charge in [0.15, 0.2) is 0 Å². The molecule has 1 N–H and O–H groups in total. The first-order chi connectivity index (χ1) is 27.6. The van der Waals surface area contributed by atoms with Crippen LogP contribution in [-0.4, -0.2) is 13.2 Å². The van der Waals surface area contributed by atoms with Crippen molar-refractivity contribution in [2.75, 3.05) is 18.5 Å². The summed E-state index contributed by atoms with van der Waals surface area (Å²) < 4.78 is 11.4. The van der Waals surface area contributed by atoms with Crippen molar-refractivity contribution in [3.8, 4) is 17.2 Å². The summed E-state index contributed by atoms with van der Waals surface area (Å²) >= 11 is 0. The van der Waals surface area contributed by atoms with Gasteiger partial charge in [0.2, 0.25) is 0 Å². The van der Waals surface area contributed by atoms with Gasteiger partial charge in [-0.15, -0.1) is 0 Å². The van der Waals surface area contributed by atoms with Gasteiger partial charge >= 0.3 is 0 Å². The third kappa shape index (κ3) is 27.7. The van der Waals surface area contributed by atoms with Crippen LogP contribution in [0.15, 0.2) is 146 Å². The molecule has 0 radical (unpaired) electrons. The predicted octanol–water partition coefficient (Wildman–Crippen LogP) is 16.2. The summed E-state index contributed by atoms with van der Waals surface area (Å²) in [6, 6.07) is 49.4. The van der Waals surface area contributed by atoms with Gasteiger partial charge in [-0.25, -0.2) is 0 Å². The number of nitrogens with one attached hydrogen (secondary N) is 1. The van der Waals surface area contributed by atoms with E-state index in [1.807, 2.05) is 72.8 Å². The van der Waals surface area contributed by atoms with Crippen LogP contribution >= 0.6 is 0 Å². The first-order valence-electron chi connectivity index (χ1n) is 21.9. The molecule has 0 saturated heterocycles. The third-order valence-corrected chi connectivity index (χ3v) is 9.23. The fourth-order valence-corrected chi connectivity index (χ4v) is 5.87. The Morgan fingerprint density at radius 3 is 1.46 bits per heavy atom. The average Bonchev–Trinajstić information content (AvgIpc) is 3.21. The molecule has 0 aliphatic carbocycles. The number of hydrogen-bond donors (Lipinski definition) is 1. The molecular weight excluding hydrogens is 695 g/mol. The van der Waals surface area contributed by atoms with Crippen LogP contribution in [0.4, 0.5) is 5.69 Å². The summed E-state index contributed by atoms with van der Waals surface area (Å²) in [6.45, 7) is 20.0. The molecule has 0 fully saturated rings. The summed E-state index contributed by atoms with van der Waals surface area (Å²) in [5.74, 6) is 5.98. The third-order valence-electron chi connectivity index (χ3n) is 9.23. The number of hydrogen-bond acceptors (Lipinski definition) is 3. The van der Waals surface area contributed by atoms with Gasteiger partial charge in [-0.2, -0.15) is 0 Å². The van der Waals surface area contributed by atoms with E-state index < -0.39 is 0 Å². The van der Waals surface area contributed by atoms with E-state index in [-0.39, 0.29) is 0 Å². The number of rotatable bonds is 20. The lowest BCUT2D eigenvalue weighted by Gasteiger charge is -2.08. The summed E-state index contributed by atoms with van der Waals surface area (Å²) in [5, 5.41) is 3.40. The molecule has 0 atom stereocenters. The number of unbranched alkanes of at least 4 members (excludes halogenated alkanes) is 1. The molecule has 0 bridgehead atoms. The molecule has 57 heavy (non-hydrogen) atoms. The summed E-state index contributed by atoms with van der Waals surface area (Å²) in [5.41, 5.74) is 4.05. The zero-order valence-corrected chi connectivity index (χ0v) is 37.0. The Kier molecular flexibility index (Phi) is 26.9. The van der Waals surface area contributed by atoms with Crippen molar-refractivity contribution in [1.82, 2.24) is 0 Å². The van der Waals surface area contributed by atoms with Gasteiger partial charge in [-0.3, -0.25) is 0 Å².